The normalized spacial score (nSPS) is 10.1. The molecule has 0 saturated heterocycles. The third kappa shape index (κ3) is 4.20. The molecule has 0 bridgehead atoms. The highest BCUT2D eigenvalue weighted by Gasteiger charge is 2.10. The van der Waals surface area contributed by atoms with E-state index >= 15 is 0 Å². The fraction of sp³-hybridized carbons (Fsp3) is 0.133. The Morgan fingerprint density at radius 1 is 1.32 bits per heavy atom. The van der Waals surface area contributed by atoms with Crippen molar-refractivity contribution < 1.29 is 14.5 Å². The number of ether oxygens (including phenoxy) is 1. The van der Waals surface area contributed by atoms with Gasteiger partial charge in [-0.05, 0) is 36.8 Å². The highest BCUT2D eigenvalue weighted by molar-refractivity contribution is 6.30. The predicted octanol–water partition coefficient (Wildman–Crippen LogP) is 3.57. The molecule has 0 atom stereocenters. The number of halogens is 1. The molecule has 0 saturated carbocycles. The number of hydrogen-bond acceptors (Lipinski definition) is 4. The number of rotatable bonds is 5. The minimum Gasteiger partial charge on any atom is -0.483 e. The summed E-state index contributed by atoms with van der Waals surface area (Å²) in [7, 11) is 0. The lowest BCUT2D eigenvalue weighted by Crippen LogP contribution is -2.20. The lowest BCUT2D eigenvalue weighted by molar-refractivity contribution is -0.384. The van der Waals surface area contributed by atoms with Crippen LogP contribution in [0.2, 0.25) is 5.02 Å². The van der Waals surface area contributed by atoms with Crippen molar-refractivity contribution in [1.29, 1.82) is 0 Å². The SMILES string of the molecule is Cc1cc([N+](=O)[O-])ccc1OCC(=O)Nc1cccc(Cl)c1. The molecule has 114 valence electrons. The second-order valence-electron chi connectivity index (χ2n) is 4.55. The minimum absolute atomic E-state index is 0.0202. The molecule has 1 N–H and O–H groups in total. The van der Waals surface area contributed by atoms with E-state index in [-0.39, 0.29) is 18.2 Å². The lowest BCUT2D eigenvalue weighted by atomic mass is 10.2. The van der Waals surface area contributed by atoms with E-state index in [2.05, 4.69) is 5.32 Å². The zero-order chi connectivity index (χ0) is 16.1. The van der Waals surface area contributed by atoms with E-state index in [9.17, 15) is 14.9 Å². The Hall–Kier alpha value is -2.60. The van der Waals surface area contributed by atoms with Gasteiger partial charge >= 0.3 is 0 Å². The zero-order valence-electron chi connectivity index (χ0n) is 11.7. The van der Waals surface area contributed by atoms with Gasteiger partial charge in [-0.25, -0.2) is 0 Å². The molecule has 0 unspecified atom stereocenters. The summed E-state index contributed by atoms with van der Waals surface area (Å²) < 4.78 is 5.37. The van der Waals surface area contributed by atoms with Crippen molar-refractivity contribution in [3.63, 3.8) is 0 Å². The maximum absolute atomic E-state index is 11.8. The number of nitro benzene ring substituents is 1. The number of hydrogen-bond donors (Lipinski definition) is 1. The molecule has 0 spiro atoms. The van der Waals surface area contributed by atoms with E-state index in [0.717, 1.165) is 0 Å². The van der Waals surface area contributed by atoms with Crippen LogP contribution in [0, 0.1) is 17.0 Å². The van der Waals surface area contributed by atoms with Crippen molar-refractivity contribution in [3.8, 4) is 5.75 Å². The largest absolute Gasteiger partial charge is 0.483 e. The molecule has 7 heteroatoms. The smallest absolute Gasteiger partial charge is 0.269 e. The molecule has 2 aromatic carbocycles. The lowest BCUT2D eigenvalue weighted by Gasteiger charge is -2.09. The molecule has 0 fully saturated rings. The van der Waals surface area contributed by atoms with E-state index in [4.69, 9.17) is 16.3 Å². The first-order valence-corrected chi connectivity index (χ1v) is 6.77. The quantitative estimate of drug-likeness (QED) is 0.674. The van der Waals surface area contributed by atoms with Crippen molar-refractivity contribution in [3.05, 3.63) is 63.2 Å². The monoisotopic (exact) mass is 320 g/mol. The van der Waals surface area contributed by atoms with Crippen molar-refractivity contribution in [2.45, 2.75) is 6.92 Å². The number of nitrogens with zero attached hydrogens (tertiary/aromatic N) is 1. The number of nitrogens with one attached hydrogen (secondary N) is 1. The highest BCUT2D eigenvalue weighted by atomic mass is 35.5. The second-order valence-corrected chi connectivity index (χ2v) is 4.99. The summed E-state index contributed by atoms with van der Waals surface area (Å²) in [5.74, 6) is 0.0758. The van der Waals surface area contributed by atoms with Gasteiger partial charge in [0.15, 0.2) is 6.61 Å². The number of benzene rings is 2. The Bertz CT molecular complexity index is 718. The number of carbonyl (C=O) groups is 1. The summed E-state index contributed by atoms with van der Waals surface area (Å²) in [5.41, 5.74) is 1.14. The predicted molar refractivity (Wildman–Crippen MR) is 83.4 cm³/mol. The molecule has 6 nitrogen and oxygen atoms in total. The van der Waals surface area contributed by atoms with E-state index in [0.29, 0.717) is 22.0 Å². The van der Waals surface area contributed by atoms with Gasteiger partial charge in [0.05, 0.1) is 4.92 Å². The maximum atomic E-state index is 11.8. The zero-order valence-corrected chi connectivity index (χ0v) is 12.5. The van der Waals surface area contributed by atoms with Gasteiger partial charge in [0, 0.05) is 22.8 Å². The van der Waals surface area contributed by atoms with E-state index in [1.54, 1.807) is 31.2 Å². The third-order valence-electron chi connectivity index (χ3n) is 2.84. The van der Waals surface area contributed by atoms with Crippen LogP contribution < -0.4 is 10.1 Å². The molecule has 0 aliphatic heterocycles. The molecule has 0 aliphatic carbocycles. The number of carbonyl (C=O) groups excluding carboxylic acids is 1. The Kier molecular flexibility index (Phi) is 4.95. The van der Waals surface area contributed by atoms with Gasteiger partial charge in [0.2, 0.25) is 0 Å². The van der Waals surface area contributed by atoms with Gasteiger partial charge in [0.1, 0.15) is 5.75 Å². The van der Waals surface area contributed by atoms with Crippen LogP contribution in [0.4, 0.5) is 11.4 Å². The molecule has 22 heavy (non-hydrogen) atoms. The van der Waals surface area contributed by atoms with Crippen molar-refractivity contribution in [2.75, 3.05) is 11.9 Å². The number of aryl methyl sites for hydroxylation is 1. The van der Waals surface area contributed by atoms with Crippen LogP contribution >= 0.6 is 11.6 Å². The van der Waals surface area contributed by atoms with E-state index in [1.165, 1.54) is 18.2 Å². The number of amides is 1. The van der Waals surface area contributed by atoms with Crippen molar-refractivity contribution in [1.82, 2.24) is 0 Å². The summed E-state index contributed by atoms with van der Waals surface area (Å²) in [6.45, 7) is 1.47. The molecule has 1 amide bonds. The first-order chi connectivity index (χ1) is 10.5. The minimum atomic E-state index is -0.483. The van der Waals surface area contributed by atoms with Crippen molar-refractivity contribution >= 4 is 28.9 Å². The number of non-ortho nitro benzene ring substituents is 1. The van der Waals surface area contributed by atoms with Crippen LogP contribution in [0.3, 0.4) is 0 Å². The molecule has 0 radical (unpaired) electrons. The highest BCUT2D eigenvalue weighted by Crippen LogP contribution is 2.23. The first kappa shape index (κ1) is 15.8. The van der Waals surface area contributed by atoms with E-state index in [1.807, 2.05) is 0 Å². The van der Waals surface area contributed by atoms with Gasteiger partial charge in [-0.2, -0.15) is 0 Å². The summed E-state index contributed by atoms with van der Waals surface area (Å²) in [6.07, 6.45) is 0. The van der Waals surface area contributed by atoms with Crippen LogP contribution in [0.1, 0.15) is 5.56 Å². The molecular formula is C15H13ClN2O4. The van der Waals surface area contributed by atoms with Crippen LogP contribution in [-0.2, 0) is 4.79 Å². The first-order valence-electron chi connectivity index (χ1n) is 6.39. The Morgan fingerprint density at radius 3 is 2.73 bits per heavy atom. The molecule has 0 aromatic heterocycles. The summed E-state index contributed by atoms with van der Waals surface area (Å²) in [6, 6.07) is 11.0. The third-order valence-corrected chi connectivity index (χ3v) is 3.07. The number of nitro groups is 1. The summed E-state index contributed by atoms with van der Waals surface area (Å²) in [4.78, 5) is 22.0. The van der Waals surface area contributed by atoms with Crippen LogP contribution in [0.15, 0.2) is 42.5 Å². The Morgan fingerprint density at radius 2 is 2.09 bits per heavy atom. The van der Waals surface area contributed by atoms with Gasteiger partial charge in [-0.1, -0.05) is 17.7 Å². The number of anilines is 1. The second kappa shape index (κ2) is 6.91. The Labute approximate surface area is 131 Å². The molecule has 0 heterocycles. The average molecular weight is 321 g/mol. The summed E-state index contributed by atoms with van der Waals surface area (Å²) >= 11 is 5.82. The van der Waals surface area contributed by atoms with Gasteiger partial charge < -0.3 is 10.1 Å². The summed E-state index contributed by atoms with van der Waals surface area (Å²) in [5, 5.41) is 13.8. The average Bonchev–Trinajstić information content (AvgIpc) is 2.45. The van der Waals surface area contributed by atoms with Crippen LogP contribution in [-0.4, -0.2) is 17.4 Å². The van der Waals surface area contributed by atoms with Gasteiger partial charge in [-0.15, -0.1) is 0 Å². The van der Waals surface area contributed by atoms with Crippen LogP contribution in [0.5, 0.6) is 5.75 Å². The molecule has 2 aromatic rings. The van der Waals surface area contributed by atoms with Gasteiger partial charge in [-0.3, -0.25) is 14.9 Å². The Balaban J connectivity index is 1.95. The molecule has 2 rings (SSSR count). The fourth-order valence-electron chi connectivity index (χ4n) is 1.82. The van der Waals surface area contributed by atoms with Crippen LogP contribution in [0.25, 0.3) is 0 Å². The molecule has 0 aliphatic rings. The standard InChI is InChI=1S/C15H13ClN2O4/c1-10-7-13(18(20)21)5-6-14(10)22-9-15(19)17-12-4-2-3-11(16)8-12/h2-8H,9H2,1H3,(H,17,19). The van der Waals surface area contributed by atoms with Crippen molar-refractivity contribution in [2.24, 2.45) is 0 Å². The van der Waals surface area contributed by atoms with Gasteiger partial charge in [0.25, 0.3) is 11.6 Å². The molecular weight excluding hydrogens is 308 g/mol. The topological polar surface area (TPSA) is 81.5 Å². The fourth-order valence-corrected chi connectivity index (χ4v) is 2.01. The van der Waals surface area contributed by atoms with E-state index < -0.39 is 4.92 Å². The maximum Gasteiger partial charge on any atom is 0.269 e.